The summed E-state index contributed by atoms with van der Waals surface area (Å²) < 4.78 is 22.7. The smallest absolute Gasteiger partial charge is 0.221 e. The Morgan fingerprint density at radius 1 is 0.875 bits per heavy atom. The Kier molecular flexibility index (Phi) is 5.63. The molecule has 9 heteroatoms. The first kappa shape index (κ1) is 21.1. The fourth-order valence-corrected chi connectivity index (χ4v) is 3.68. The number of hydrogen-bond donors (Lipinski definition) is 3. The Hall–Kier alpha value is -4.14. The number of aromatic nitrogens is 2. The number of furan rings is 1. The molecule has 4 aromatic rings. The Morgan fingerprint density at radius 3 is 2.34 bits per heavy atom. The third-order valence-electron chi connectivity index (χ3n) is 5.26. The van der Waals surface area contributed by atoms with Crippen LogP contribution in [-0.4, -0.2) is 31.3 Å². The number of fused-ring (bicyclic) bond motifs is 1. The van der Waals surface area contributed by atoms with Crippen molar-refractivity contribution in [1.82, 2.24) is 9.97 Å². The fourth-order valence-electron chi connectivity index (χ4n) is 3.68. The fraction of sp³-hybridized carbons (Fsp3) is 0.217. The van der Waals surface area contributed by atoms with Gasteiger partial charge in [-0.15, -0.1) is 0 Å². The summed E-state index contributed by atoms with van der Waals surface area (Å²) in [5.41, 5.74) is 21.5. The molecule has 6 N–H and O–H groups in total. The van der Waals surface area contributed by atoms with E-state index < -0.39 is 0 Å². The number of nitrogens with two attached hydrogens (primary N) is 3. The van der Waals surface area contributed by atoms with Crippen LogP contribution < -0.4 is 31.4 Å². The standard InChI is InChI=1S/C23H25N5O4/c1-29-18-7-12(4-5-17(18)24)6-15-10-16-13(8-14-11-27-23(26)28-22(14)25)9-19(30-2)21(31-3)20(16)32-15/h4-5,7,9-11H,6,8,24H2,1-3H3,(H4,25,26,27,28). The molecule has 4 rings (SSSR count). The van der Waals surface area contributed by atoms with Crippen molar-refractivity contribution in [3.63, 3.8) is 0 Å². The van der Waals surface area contributed by atoms with Crippen LogP contribution in [0, 0.1) is 0 Å². The second-order valence-corrected chi connectivity index (χ2v) is 7.30. The first-order valence-electron chi connectivity index (χ1n) is 9.89. The minimum atomic E-state index is 0.133. The molecular weight excluding hydrogens is 410 g/mol. The lowest BCUT2D eigenvalue weighted by atomic mass is 10.0. The van der Waals surface area contributed by atoms with Crippen molar-refractivity contribution >= 4 is 28.4 Å². The molecule has 9 nitrogen and oxygen atoms in total. The summed E-state index contributed by atoms with van der Waals surface area (Å²) in [5.74, 6) is 2.92. The maximum Gasteiger partial charge on any atom is 0.221 e. The summed E-state index contributed by atoms with van der Waals surface area (Å²) >= 11 is 0. The zero-order chi connectivity index (χ0) is 22.8. The van der Waals surface area contributed by atoms with Gasteiger partial charge in [-0.3, -0.25) is 0 Å². The monoisotopic (exact) mass is 435 g/mol. The van der Waals surface area contributed by atoms with Gasteiger partial charge in [0.2, 0.25) is 11.7 Å². The molecule has 166 valence electrons. The van der Waals surface area contributed by atoms with E-state index >= 15 is 0 Å². The Morgan fingerprint density at radius 2 is 1.66 bits per heavy atom. The van der Waals surface area contributed by atoms with E-state index in [1.54, 1.807) is 27.5 Å². The van der Waals surface area contributed by atoms with Crippen molar-refractivity contribution in [2.45, 2.75) is 12.8 Å². The van der Waals surface area contributed by atoms with Gasteiger partial charge in [-0.05, 0) is 35.4 Å². The van der Waals surface area contributed by atoms with Gasteiger partial charge < -0.3 is 35.8 Å². The molecule has 0 radical (unpaired) electrons. The van der Waals surface area contributed by atoms with Crippen LogP contribution in [0.5, 0.6) is 17.2 Å². The highest BCUT2D eigenvalue weighted by atomic mass is 16.5. The average molecular weight is 435 g/mol. The lowest BCUT2D eigenvalue weighted by Crippen LogP contribution is -2.04. The molecule has 0 spiro atoms. The minimum absolute atomic E-state index is 0.133. The molecule has 0 bridgehead atoms. The van der Waals surface area contributed by atoms with E-state index in [4.69, 9.17) is 35.8 Å². The second kappa shape index (κ2) is 8.54. The average Bonchev–Trinajstić information content (AvgIpc) is 3.20. The van der Waals surface area contributed by atoms with E-state index in [1.165, 1.54) is 0 Å². The van der Waals surface area contributed by atoms with Crippen molar-refractivity contribution in [3.8, 4) is 17.2 Å². The largest absolute Gasteiger partial charge is 0.495 e. The van der Waals surface area contributed by atoms with Gasteiger partial charge in [0, 0.05) is 30.0 Å². The third-order valence-corrected chi connectivity index (χ3v) is 5.26. The van der Waals surface area contributed by atoms with E-state index in [1.807, 2.05) is 30.3 Å². The molecule has 0 aliphatic carbocycles. The first-order chi connectivity index (χ1) is 15.4. The van der Waals surface area contributed by atoms with Gasteiger partial charge in [0.05, 0.1) is 27.0 Å². The summed E-state index contributed by atoms with van der Waals surface area (Å²) in [7, 11) is 4.75. The van der Waals surface area contributed by atoms with Gasteiger partial charge in [0.25, 0.3) is 0 Å². The van der Waals surface area contributed by atoms with Crippen LogP contribution in [-0.2, 0) is 12.8 Å². The number of hydrogen-bond acceptors (Lipinski definition) is 9. The molecule has 0 saturated carbocycles. The molecule has 2 heterocycles. The molecule has 0 atom stereocenters. The number of anilines is 3. The highest BCUT2D eigenvalue weighted by molar-refractivity contribution is 5.90. The van der Waals surface area contributed by atoms with Crippen molar-refractivity contribution in [3.05, 3.63) is 59.0 Å². The third kappa shape index (κ3) is 3.92. The number of nitrogen functional groups attached to an aromatic ring is 3. The molecule has 0 unspecified atom stereocenters. The van der Waals surface area contributed by atoms with E-state index in [9.17, 15) is 0 Å². The number of rotatable bonds is 7. The maximum absolute atomic E-state index is 6.21. The molecular formula is C23H25N5O4. The van der Waals surface area contributed by atoms with Gasteiger partial charge in [-0.2, -0.15) is 4.98 Å². The second-order valence-electron chi connectivity index (χ2n) is 7.30. The van der Waals surface area contributed by atoms with Gasteiger partial charge in [-0.1, -0.05) is 6.07 Å². The van der Waals surface area contributed by atoms with E-state index in [2.05, 4.69) is 9.97 Å². The lowest BCUT2D eigenvalue weighted by Gasteiger charge is -2.12. The SMILES string of the molecule is COc1cc(Cc2cc3c(Cc4cnc(N)nc4N)cc(OC)c(OC)c3o2)ccc1N. The minimum Gasteiger partial charge on any atom is -0.495 e. The highest BCUT2D eigenvalue weighted by Gasteiger charge is 2.20. The van der Waals surface area contributed by atoms with Gasteiger partial charge in [-0.25, -0.2) is 4.98 Å². The number of benzene rings is 2. The first-order valence-corrected chi connectivity index (χ1v) is 9.89. The van der Waals surface area contributed by atoms with E-state index in [0.29, 0.717) is 47.2 Å². The van der Waals surface area contributed by atoms with E-state index in [0.717, 1.165) is 27.8 Å². The van der Waals surface area contributed by atoms with E-state index in [-0.39, 0.29) is 5.95 Å². The zero-order valence-electron chi connectivity index (χ0n) is 18.1. The predicted molar refractivity (Wildman–Crippen MR) is 123 cm³/mol. The number of ether oxygens (including phenoxy) is 3. The molecule has 0 aliphatic heterocycles. The summed E-state index contributed by atoms with van der Waals surface area (Å²) in [6.07, 6.45) is 2.64. The summed E-state index contributed by atoms with van der Waals surface area (Å²) in [6.45, 7) is 0. The van der Waals surface area contributed by atoms with Crippen LogP contribution in [0.25, 0.3) is 11.0 Å². The quantitative estimate of drug-likeness (QED) is 0.373. The molecule has 2 aromatic heterocycles. The molecule has 32 heavy (non-hydrogen) atoms. The van der Waals surface area contributed by atoms with Crippen molar-refractivity contribution < 1.29 is 18.6 Å². The molecule has 0 aliphatic rings. The van der Waals surface area contributed by atoms with Crippen molar-refractivity contribution in [2.24, 2.45) is 0 Å². The van der Waals surface area contributed by atoms with Crippen LogP contribution >= 0.6 is 0 Å². The Bertz CT molecular complexity index is 1290. The van der Waals surface area contributed by atoms with Gasteiger partial charge >= 0.3 is 0 Å². The number of nitrogens with zero attached hydrogens (tertiary/aromatic N) is 2. The predicted octanol–water partition coefficient (Wildman–Crippen LogP) is 3.18. The van der Waals surface area contributed by atoms with Crippen LogP contribution in [0.4, 0.5) is 17.5 Å². The normalized spacial score (nSPS) is 11.0. The van der Waals surface area contributed by atoms with Crippen LogP contribution in [0.2, 0.25) is 0 Å². The Balaban J connectivity index is 1.79. The summed E-state index contributed by atoms with van der Waals surface area (Å²) in [6, 6.07) is 9.55. The summed E-state index contributed by atoms with van der Waals surface area (Å²) in [5, 5.41) is 0.885. The highest BCUT2D eigenvalue weighted by Crippen LogP contribution is 2.41. The maximum atomic E-state index is 6.21. The van der Waals surface area contributed by atoms with Crippen LogP contribution in [0.1, 0.15) is 22.5 Å². The van der Waals surface area contributed by atoms with Gasteiger partial charge in [0.1, 0.15) is 17.3 Å². The van der Waals surface area contributed by atoms with Crippen LogP contribution in [0.15, 0.2) is 40.9 Å². The topological polar surface area (TPSA) is 145 Å². The molecule has 0 amide bonds. The van der Waals surface area contributed by atoms with Crippen molar-refractivity contribution in [2.75, 3.05) is 38.5 Å². The van der Waals surface area contributed by atoms with Crippen molar-refractivity contribution in [1.29, 1.82) is 0 Å². The lowest BCUT2D eigenvalue weighted by molar-refractivity contribution is 0.352. The number of methoxy groups -OCH3 is 3. The molecule has 2 aromatic carbocycles. The molecule has 0 fully saturated rings. The zero-order valence-corrected chi connectivity index (χ0v) is 18.1. The van der Waals surface area contributed by atoms with Gasteiger partial charge in [0.15, 0.2) is 11.3 Å². The summed E-state index contributed by atoms with van der Waals surface area (Å²) in [4.78, 5) is 8.12. The molecule has 0 saturated heterocycles. The van der Waals surface area contributed by atoms with Crippen LogP contribution in [0.3, 0.4) is 0 Å². The Labute approximate surface area is 185 Å².